The van der Waals surface area contributed by atoms with Gasteiger partial charge in [0, 0.05) is 12.1 Å². The molecule has 2 aliphatic rings. The molecule has 182 valence electrons. The van der Waals surface area contributed by atoms with E-state index in [1.807, 2.05) is 0 Å². The molecule has 0 aliphatic heterocycles. The Morgan fingerprint density at radius 1 is 0.588 bits per heavy atom. The molecule has 2 aromatic heterocycles. The lowest BCUT2D eigenvalue weighted by Gasteiger charge is -2.39. The van der Waals surface area contributed by atoms with Crippen molar-refractivity contribution in [2.24, 2.45) is 22.7 Å². The summed E-state index contributed by atoms with van der Waals surface area (Å²) in [5.41, 5.74) is -1.21. The van der Waals surface area contributed by atoms with Crippen molar-refractivity contribution in [2.75, 3.05) is 0 Å². The molecule has 2 fully saturated rings. The van der Waals surface area contributed by atoms with Crippen molar-refractivity contribution >= 4 is 21.5 Å². The van der Waals surface area contributed by atoms with Crippen LogP contribution in [0.15, 0.2) is 31.3 Å². The maximum atomic E-state index is 13.4. The van der Waals surface area contributed by atoms with Crippen LogP contribution in [-0.4, -0.2) is 9.13 Å². The Morgan fingerprint density at radius 2 is 0.882 bits per heavy atom. The van der Waals surface area contributed by atoms with E-state index in [-0.39, 0.29) is 66.7 Å². The van der Waals surface area contributed by atoms with Gasteiger partial charge in [-0.25, -0.2) is 0 Å². The van der Waals surface area contributed by atoms with Crippen LogP contribution in [0.5, 0.6) is 0 Å². The molecule has 0 N–H and O–H groups in total. The topological polar surface area (TPSA) is 78.1 Å². The van der Waals surface area contributed by atoms with Gasteiger partial charge in [-0.2, -0.15) is 0 Å². The Labute approximate surface area is 199 Å². The van der Waals surface area contributed by atoms with Crippen LogP contribution in [0.4, 0.5) is 0 Å². The van der Waals surface area contributed by atoms with Crippen LogP contribution in [0.3, 0.4) is 0 Å². The van der Waals surface area contributed by atoms with Crippen LogP contribution in [0, 0.1) is 22.7 Å². The molecule has 4 atom stereocenters. The average Bonchev–Trinajstić information content (AvgIpc) is 3.08. The van der Waals surface area contributed by atoms with E-state index >= 15 is 0 Å². The Morgan fingerprint density at radius 3 is 1.15 bits per heavy atom. The average molecular weight is 465 g/mol. The minimum atomic E-state index is -0.330. The lowest BCUT2D eigenvalue weighted by molar-refractivity contribution is 0.134. The molecule has 5 rings (SSSR count). The highest BCUT2D eigenvalue weighted by Gasteiger charge is 2.37. The first-order chi connectivity index (χ1) is 15.8. The molecule has 0 amide bonds. The molecule has 0 spiro atoms. The second kappa shape index (κ2) is 7.50. The van der Waals surface area contributed by atoms with E-state index in [2.05, 4.69) is 41.5 Å². The van der Waals surface area contributed by atoms with Gasteiger partial charge in [0.2, 0.25) is 0 Å². The Hall–Kier alpha value is -2.50. The second-order valence-corrected chi connectivity index (χ2v) is 13.0. The fourth-order valence-corrected chi connectivity index (χ4v) is 7.66. The summed E-state index contributed by atoms with van der Waals surface area (Å²) in [5, 5.41) is 1.06. The molecule has 34 heavy (non-hydrogen) atoms. The number of hydrogen-bond donors (Lipinski definition) is 0. The van der Waals surface area contributed by atoms with Crippen molar-refractivity contribution in [1.29, 1.82) is 0 Å². The Bertz CT molecular complexity index is 1310. The smallest absolute Gasteiger partial charge is 0.261 e. The van der Waals surface area contributed by atoms with Crippen LogP contribution >= 0.6 is 0 Å². The third-order valence-electron chi connectivity index (χ3n) is 8.41. The molecule has 0 bridgehead atoms. The molecule has 0 unspecified atom stereocenters. The van der Waals surface area contributed by atoms with E-state index in [9.17, 15) is 19.2 Å². The molecular weight excluding hydrogens is 428 g/mol. The summed E-state index contributed by atoms with van der Waals surface area (Å²) < 4.78 is 2.80. The monoisotopic (exact) mass is 464 g/mol. The van der Waals surface area contributed by atoms with Gasteiger partial charge in [0.15, 0.2) is 0 Å². The van der Waals surface area contributed by atoms with Crippen LogP contribution in [0.2, 0.25) is 0 Å². The molecule has 2 heterocycles. The second-order valence-electron chi connectivity index (χ2n) is 13.0. The predicted molar refractivity (Wildman–Crippen MR) is 137 cm³/mol. The van der Waals surface area contributed by atoms with Gasteiger partial charge in [0.25, 0.3) is 22.2 Å². The molecule has 2 aliphatic carbocycles. The van der Waals surface area contributed by atoms with Gasteiger partial charge in [-0.15, -0.1) is 0 Å². The maximum absolute atomic E-state index is 13.4. The first-order valence-electron chi connectivity index (χ1n) is 12.7. The number of hydrogen-bond acceptors (Lipinski definition) is 4. The largest absolute Gasteiger partial charge is 0.271 e. The van der Waals surface area contributed by atoms with Gasteiger partial charge >= 0.3 is 0 Å². The minimum Gasteiger partial charge on any atom is -0.271 e. The summed E-state index contributed by atoms with van der Waals surface area (Å²) in [6.45, 7) is 13.1. The summed E-state index contributed by atoms with van der Waals surface area (Å²) in [5.74, 6) is 0.837. The van der Waals surface area contributed by atoms with Crippen molar-refractivity contribution in [3.63, 3.8) is 0 Å². The normalized spacial score (nSPS) is 29.1. The van der Waals surface area contributed by atoms with Crippen molar-refractivity contribution in [1.82, 2.24) is 9.13 Å². The summed E-state index contributed by atoms with van der Waals surface area (Å²) in [7, 11) is 0. The summed E-state index contributed by atoms with van der Waals surface area (Å²) in [4.78, 5) is 53.7. The Balaban J connectivity index is 1.67. The van der Waals surface area contributed by atoms with E-state index in [4.69, 9.17) is 0 Å². The van der Waals surface area contributed by atoms with E-state index in [0.717, 1.165) is 38.5 Å². The maximum Gasteiger partial charge on any atom is 0.261 e. The third-order valence-corrected chi connectivity index (χ3v) is 8.41. The number of rotatable bonds is 2. The summed E-state index contributed by atoms with van der Waals surface area (Å²) in [6.07, 6.45) is 5.24. The molecule has 0 saturated heterocycles. The third kappa shape index (κ3) is 3.61. The number of fused-ring (bicyclic) bond motifs is 2. The quantitative estimate of drug-likeness (QED) is 0.551. The van der Waals surface area contributed by atoms with Crippen molar-refractivity contribution < 1.29 is 0 Å². The van der Waals surface area contributed by atoms with Gasteiger partial charge in [0.05, 0.1) is 21.5 Å². The van der Waals surface area contributed by atoms with E-state index in [0.29, 0.717) is 11.8 Å². The zero-order valence-electron chi connectivity index (χ0n) is 21.2. The van der Waals surface area contributed by atoms with Crippen LogP contribution in [-0.2, 0) is 0 Å². The predicted octanol–water partition coefficient (Wildman–Crippen LogP) is 4.69. The minimum absolute atomic E-state index is 0.0524. The summed E-state index contributed by atoms with van der Waals surface area (Å²) in [6, 6.07) is 2.71. The van der Waals surface area contributed by atoms with Gasteiger partial charge in [-0.1, -0.05) is 41.5 Å². The molecule has 1 aromatic carbocycles. The molecule has 3 aromatic rings. The molecule has 0 radical (unpaired) electrons. The Kier molecular flexibility index (Phi) is 5.13. The zero-order chi connectivity index (χ0) is 24.7. The SMILES string of the molecule is C[C@@H]1C[C@H](n2c(=O)c3cc4c(=O)n([C@@H]5C[C@H](C)CC(C)(C)C5)c(=O)c4cc3c2=O)CC(C)(C)C1. The first-order valence-corrected chi connectivity index (χ1v) is 12.7. The fraction of sp³-hybridized carbons (Fsp3) is 0.643. The van der Waals surface area contributed by atoms with Gasteiger partial charge in [-0.05, 0) is 73.3 Å². The van der Waals surface area contributed by atoms with E-state index in [1.54, 1.807) is 0 Å². The van der Waals surface area contributed by atoms with Crippen molar-refractivity contribution in [2.45, 2.75) is 92.2 Å². The molecule has 6 nitrogen and oxygen atoms in total. The van der Waals surface area contributed by atoms with Gasteiger partial charge in [-0.3, -0.25) is 28.3 Å². The van der Waals surface area contributed by atoms with Crippen LogP contribution in [0.25, 0.3) is 21.5 Å². The van der Waals surface area contributed by atoms with Crippen LogP contribution in [0.1, 0.15) is 92.2 Å². The highest BCUT2D eigenvalue weighted by molar-refractivity contribution is 5.97. The van der Waals surface area contributed by atoms with Crippen LogP contribution < -0.4 is 22.2 Å². The lowest BCUT2D eigenvalue weighted by atomic mass is 9.70. The van der Waals surface area contributed by atoms with Crippen molar-refractivity contribution in [3.05, 3.63) is 53.5 Å². The highest BCUT2D eigenvalue weighted by Crippen LogP contribution is 2.44. The standard InChI is InChI=1S/C28H36N2O4/c1-15-7-17(13-27(3,4)11-15)29-23(31)19-9-21-22(10-20(19)24(29)32)26(34)30(25(21)33)18-8-16(2)12-28(5,6)14-18/h9-10,15-18H,7-8,11-14H2,1-6H3/t15-,16+,17+,18-. The van der Waals surface area contributed by atoms with E-state index < -0.39 is 0 Å². The number of benzene rings is 1. The molecule has 2 saturated carbocycles. The zero-order valence-corrected chi connectivity index (χ0v) is 21.2. The fourth-order valence-electron chi connectivity index (χ4n) is 7.66. The highest BCUT2D eigenvalue weighted by atomic mass is 16.2. The van der Waals surface area contributed by atoms with Crippen molar-refractivity contribution in [3.8, 4) is 0 Å². The first kappa shape index (κ1) is 23.3. The molecule has 6 heteroatoms. The number of aromatic nitrogens is 2. The van der Waals surface area contributed by atoms with Gasteiger partial charge < -0.3 is 0 Å². The molecular formula is C28H36N2O4. The van der Waals surface area contributed by atoms with Gasteiger partial charge in [0.1, 0.15) is 0 Å². The lowest BCUT2D eigenvalue weighted by Crippen LogP contribution is -2.37. The van der Waals surface area contributed by atoms with E-state index in [1.165, 1.54) is 21.3 Å². The number of nitrogens with zero attached hydrogens (tertiary/aromatic N) is 2. The summed E-state index contributed by atoms with van der Waals surface area (Å²) >= 11 is 0.